The first kappa shape index (κ1) is 17.4. The van der Waals surface area contributed by atoms with Gasteiger partial charge in [0.05, 0.1) is 12.1 Å². The van der Waals surface area contributed by atoms with Gasteiger partial charge in [-0.05, 0) is 31.5 Å². The zero-order valence-electron chi connectivity index (χ0n) is 15.0. The smallest absolute Gasteiger partial charge is 0.199 e. The van der Waals surface area contributed by atoms with Gasteiger partial charge in [-0.15, -0.1) is 0 Å². The minimum Gasteiger partial charge on any atom is -0.437 e. The molecule has 1 aliphatic carbocycles. The summed E-state index contributed by atoms with van der Waals surface area (Å²) < 4.78 is 21.0. The van der Waals surface area contributed by atoms with Gasteiger partial charge in [-0.25, -0.2) is 9.37 Å². The summed E-state index contributed by atoms with van der Waals surface area (Å²) in [5.41, 5.74) is 2.08. The van der Waals surface area contributed by atoms with E-state index in [-0.39, 0.29) is 35.3 Å². The van der Waals surface area contributed by atoms with Crippen LogP contribution >= 0.6 is 0 Å². The lowest BCUT2D eigenvalue weighted by Gasteiger charge is -2.09. The van der Waals surface area contributed by atoms with E-state index in [4.69, 9.17) is 4.42 Å². The molecule has 136 valence electrons. The summed E-state index contributed by atoms with van der Waals surface area (Å²) in [7, 11) is 1.72. The van der Waals surface area contributed by atoms with Crippen LogP contribution in [-0.2, 0) is 4.79 Å². The molecule has 0 radical (unpaired) electrons. The molecule has 1 aliphatic rings. The lowest BCUT2D eigenvalue weighted by molar-refractivity contribution is -0.119. The van der Waals surface area contributed by atoms with Crippen molar-refractivity contribution < 1.29 is 13.6 Å². The number of carbonyl (C=O) groups is 1. The largest absolute Gasteiger partial charge is 0.437 e. The van der Waals surface area contributed by atoms with E-state index >= 15 is 4.39 Å². The van der Waals surface area contributed by atoms with Gasteiger partial charge >= 0.3 is 0 Å². The van der Waals surface area contributed by atoms with Gasteiger partial charge in [-0.1, -0.05) is 30.3 Å². The first-order valence-corrected chi connectivity index (χ1v) is 8.82. The highest BCUT2D eigenvalue weighted by Gasteiger charge is 2.47. The molecule has 0 amide bonds. The lowest BCUT2D eigenvalue weighted by atomic mass is 9.95. The molecule has 27 heavy (non-hydrogen) atoms. The third-order valence-electron chi connectivity index (χ3n) is 5.10. The SMILES string of the molecule is CNCC(=O)[C@@H]1C[C@H]1c1nc2c(C#N)c(C)c(-c3ccccc3)c(F)c2o1. The van der Waals surface area contributed by atoms with Gasteiger partial charge in [0.25, 0.3) is 0 Å². The topological polar surface area (TPSA) is 78.9 Å². The molecule has 0 spiro atoms. The Morgan fingerprint density at radius 2 is 2.15 bits per heavy atom. The highest BCUT2D eigenvalue weighted by Crippen LogP contribution is 2.49. The number of carbonyl (C=O) groups excluding carboxylic acids is 1. The summed E-state index contributed by atoms with van der Waals surface area (Å²) in [5, 5.41) is 12.5. The molecule has 1 heterocycles. The Kier molecular flexibility index (Phi) is 4.25. The Labute approximate surface area is 155 Å². The fourth-order valence-corrected chi connectivity index (χ4v) is 3.61. The van der Waals surface area contributed by atoms with Crippen molar-refractivity contribution >= 4 is 16.9 Å². The van der Waals surface area contributed by atoms with E-state index in [2.05, 4.69) is 16.4 Å². The molecular weight excluding hydrogens is 345 g/mol. The molecule has 5 nitrogen and oxygen atoms in total. The maximum absolute atomic E-state index is 15.3. The van der Waals surface area contributed by atoms with Crippen molar-refractivity contribution in [2.24, 2.45) is 5.92 Å². The van der Waals surface area contributed by atoms with Crippen LogP contribution in [0.5, 0.6) is 0 Å². The molecule has 1 saturated carbocycles. The average Bonchev–Trinajstić information content (AvgIpc) is 3.35. The molecule has 2 atom stereocenters. The van der Waals surface area contributed by atoms with Crippen LogP contribution < -0.4 is 5.32 Å². The van der Waals surface area contributed by atoms with Gasteiger partial charge in [0.1, 0.15) is 17.4 Å². The lowest BCUT2D eigenvalue weighted by Crippen LogP contribution is -2.20. The van der Waals surface area contributed by atoms with Crippen LogP contribution in [0.25, 0.3) is 22.2 Å². The van der Waals surface area contributed by atoms with E-state index in [1.165, 1.54) is 0 Å². The Balaban J connectivity index is 1.84. The molecule has 1 fully saturated rings. The highest BCUT2D eigenvalue weighted by molar-refractivity contribution is 5.90. The summed E-state index contributed by atoms with van der Waals surface area (Å²) in [6.07, 6.45) is 0.640. The minimum atomic E-state index is -0.523. The number of benzene rings is 2. The average molecular weight is 363 g/mol. The van der Waals surface area contributed by atoms with Crippen molar-refractivity contribution in [2.45, 2.75) is 19.3 Å². The zero-order valence-corrected chi connectivity index (χ0v) is 15.0. The molecule has 0 aliphatic heterocycles. The number of halogens is 1. The number of nitrogens with zero attached hydrogens (tertiary/aromatic N) is 2. The third-order valence-corrected chi connectivity index (χ3v) is 5.10. The molecule has 4 rings (SSSR count). The first-order chi connectivity index (χ1) is 13.1. The number of aromatic nitrogens is 1. The van der Waals surface area contributed by atoms with E-state index in [1.54, 1.807) is 26.1 Å². The van der Waals surface area contributed by atoms with Crippen LogP contribution in [0.1, 0.15) is 29.4 Å². The van der Waals surface area contributed by atoms with Crippen molar-refractivity contribution in [2.75, 3.05) is 13.6 Å². The highest BCUT2D eigenvalue weighted by atomic mass is 19.1. The second kappa shape index (κ2) is 6.60. The number of oxazole rings is 1. The van der Waals surface area contributed by atoms with Gasteiger partial charge < -0.3 is 9.73 Å². The fourth-order valence-electron chi connectivity index (χ4n) is 3.61. The molecule has 1 aromatic heterocycles. The number of nitrogens with one attached hydrogen (secondary N) is 1. The summed E-state index contributed by atoms with van der Waals surface area (Å²) in [6.45, 7) is 2.00. The fraction of sp³-hybridized carbons (Fsp3) is 0.286. The Morgan fingerprint density at radius 1 is 1.41 bits per heavy atom. The van der Waals surface area contributed by atoms with Crippen LogP contribution in [0.2, 0.25) is 0 Å². The number of likely N-dealkylation sites (N-methyl/N-ethyl adjacent to an activating group) is 1. The van der Waals surface area contributed by atoms with Gasteiger partial charge in [0, 0.05) is 17.4 Å². The summed E-state index contributed by atoms with van der Waals surface area (Å²) in [5.74, 6) is -0.407. The van der Waals surface area contributed by atoms with Gasteiger partial charge in [0.2, 0.25) is 0 Å². The second-order valence-electron chi connectivity index (χ2n) is 6.84. The molecule has 0 saturated heterocycles. The third kappa shape index (κ3) is 2.81. The molecular formula is C21H18FN3O2. The number of ketones is 1. The zero-order chi connectivity index (χ0) is 19.1. The number of rotatable bonds is 5. The van der Waals surface area contributed by atoms with E-state index in [9.17, 15) is 10.1 Å². The molecule has 0 bridgehead atoms. The number of fused-ring (bicyclic) bond motifs is 1. The van der Waals surface area contributed by atoms with Gasteiger partial charge in [-0.2, -0.15) is 5.26 Å². The van der Waals surface area contributed by atoms with Crippen LogP contribution in [-0.4, -0.2) is 24.4 Å². The molecule has 1 N–H and O–H groups in total. The molecule has 3 aromatic rings. The second-order valence-corrected chi connectivity index (χ2v) is 6.84. The van der Waals surface area contributed by atoms with Crippen molar-refractivity contribution in [3.63, 3.8) is 0 Å². The maximum Gasteiger partial charge on any atom is 0.199 e. The van der Waals surface area contributed by atoms with Gasteiger partial charge in [0.15, 0.2) is 17.3 Å². The van der Waals surface area contributed by atoms with Crippen molar-refractivity contribution in [3.8, 4) is 17.2 Å². The van der Waals surface area contributed by atoms with E-state index < -0.39 is 5.82 Å². The van der Waals surface area contributed by atoms with Crippen molar-refractivity contribution in [1.82, 2.24) is 10.3 Å². The monoisotopic (exact) mass is 363 g/mol. The molecule has 0 unspecified atom stereocenters. The first-order valence-electron chi connectivity index (χ1n) is 8.82. The summed E-state index contributed by atoms with van der Waals surface area (Å²) in [4.78, 5) is 16.4. The minimum absolute atomic E-state index is 0.0160. The van der Waals surface area contributed by atoms with E-state index in [0.29, 0.717) is 34.6 Å². The molecule has 2 aromatic carbocycles. The maximum atomic E-state index is 15.3. The van der Waals surface area contributed by atoms with Crippen LogP contribution in [0.15, 0.2) is 34.7 Å². The number of nitriles is 1. The van der Waals surface area contributed by atoms with Crippen LogP contribution in [0.3, 0.4) is 0 Å². The quantitative estimate of drug-likeness (QED) is 0.748. The summed E-state index contributed by atoms with van der Waals surface area (Å²) in [6, 6.07) is 11.2. The predicted octanol–water partition coefficient (Wildman–Crippen LogP) is 3.71. The van der Waals surface area contributed by atoms with E-state index in [1.807, 2.05) is 18.2 Å². The predicted molar refractivity (Wildman–Crippen MR) is 98.6 cm³/mol. The van der Waals surface area contributed by atoms with Crippen molar-refractivity contribution in [3.05, 3.63) is 53.2 Å². The number of hydrogen-bond acceptors (Lipinski definition) is 5. The Morgan fingerprint density at radius 3 is 2.81 bits per heavy atom. The normalized spacial score (nSPS) is 18.4. The van der Waals surface area contributed by atoms with E-state index in [0.717, 1.165) is 0 Å². The molecule has 6 heteroatoms. The number of Topliss-reactive ketones (excluding diaryl/α,β-unsaturated/α-hetero) is 1. The Hall–Kier alpha value is -3.04. The number of hydrogen-bond donors (Lipinski definition) is 1. The van der Waals surface area contributed by atoms with Gasteiger partial charge in [-0.3, -0.25) is 4.79 Å². The van der Waals surface area contributed by atoms with Crippen LogP contribution in [0.4, 0.5) is 4.39 Å². The van der Waals surface area contributed by atoms with Crippen molar-refractivity contribution in [1.29, 1.82) is 5.26 Å². The Bertz CT molecular complexity index is 1080. The standard InChI is InChI=1S/C21H18FN3O2/c1-11-15(9-23)19-20(18(22)17(11)12-6-4-3-5-7-12)27-21(25-19)14-8-13(14)16(26)10-24-2/h3-7,13-14,24H,8,10H2,1-2H3/t13-,14-/m1/s1. The van der Waals surface area contributed by atoms with Crippen LogP contribution in [0, 0.1) is 30.0 Å². The summed E-state index contributed by atoms with van der Waals surface area (Å²) >= 11 is 0.